The fraction of sp³-hybridized carbons (Fsp3) is 0.765. The van der Waals surface area contributed by atoms with E-state index in [1.807, 2.05) is 0 Å². The zero-order chi connectivity index (χ0) is 31.4. The maximum Gasteiger partial charge on any atom is 0.270 e. The molecule has 0 amide bonds. The van der Waals surface area contributed by atoms with Gasteiger partial charge in [-0.1, -0.05) is 88.6 Å². The van der Waals surface area contributed by atoms with Gasteiger partial charge in [0.25, 0.3) is 5.88 Å². The van der Waals surface area contributed by atoms with Gasteiger partial charge in [0.15, 0.2) is 0 Å². The SMILES string of the molecule is CC(C)(C)NC[C@H](O)COc1nsnc1N1CCOCC1.CCCCCCCCCCCC[N+](C)(C)Cc1ccccc1.[Cl-]. The van der Waals surface area contributed by atoms with Crippen molar-refractivity contribution in [3.05, 3.63) is 35.9 Å². The van der Waals surface area contributed by atoms with Crippen molar-refractivity contribution < 1.29 is 31.5 Å². The number of hydrogen-bond donors (Lipinski definition) is 2. The number of halogens is 1. The first-order valence-electron chi connectivity index (χ1n) is 16.7. The maximum absolute atomic E-state index is 9.95. The average Bonchev–Trinajstić information content (AvgIpc) is 3.45. The van der Waals surface area contributed by atoms with Crippen LogP contribution in [0.25, 0.3) is 0 Å². The van der Waals surface area contributed by atoms with Crippen LogP contribution in [0.1, 0.15) is 97.5 Å². The second-order valence-electron chi connectivity index (χ2n) is 13.6. The second-order valence-corrected chi connectivity index (χ2v) is 14.1. The predicted octanol–water partition coefficient (Wildman–Crippen LogP) is 3.69. The lowest BCUT2D eigenvalue weighted by molar-refractivity contribution is -0.903. The molecule has 254 valence electrons. The molecule has 0 spiro atoms. The average molecular weight is 656 g/mol. The Morgan fingerprint density at radius 3 is 2.14 bits per heavy atom. The Bertz CT molecular complexity index is 952. The van der Waals surface area contributed by atoms with Crippen LogP contribution in [0.2, 0.25) is 0 Å². The highest BCUT2D eigenvalue weighted by Gasteiger charge is 2.21. The summed E-state index contributed by atoms with van der Waals surface area (Å²) in [5.41, 5.74) is 1.43. The molecule has 2 N–H and O–H groups in total. The normalized spacial score (nSPS) is 14.4. The molecule has 44 heavy (non-hydrogen) atoms. The zero-order valence-corrected chi connectivity index (χ0v) is 30.1. The lowest BCUT2D eigenvalue weighted by atomic mass is 10.1. The highest BCUT2D eigenvalue weighted by Crippen LogP contribution is 2.26. The van der Waals surface area contributed by atoms with E-state index >= 15 is 0 Å². The molecule has 10 heteroatoms. The molecule has 0 unspecified atom stereocenters. The number of nitrogens with zero attached hydrogens (tertiary/aromatic N) is 4. The van der Waals surface area contributed by atoms with Gasteiger partial charge in [-0.2, -0.15) is 4.37 Å². The number of aromatic nitrogens is 2. The van der Waals surface area contributed by atoms with Gasteiger partial charge in [0, 0.05) is 30.7 Å². The molecular formula is C34H62ClN5O3S. The smallest absolute Gasteiger partial charge is 0.270 e. The number of nitrogens with one attached hydrogen (secondary N) is 1. The van der Waals surface area contributed by atoms with Crippen molar-refractivity contribution in [1.29, 1.82) is 0 Å². The van der Waals surface area contributed by atoms with Gasteiger partial charge in [-0.25, -0.2) is 0 Å². The van der Waals surface area contributed by atoms with Crippen LogP contribution in [-0.2, 0) is 11.3 Å². The van der Waals surface area contributed by atoms with E-state index in [0.29, 0.717) is 25.6 Å². The summed E-state index contributed by atoms with van der Waals surface area (Å²) in [6.07, 6.45) is 13.7. The highest BCUT2D eigenvalue weighted by molar-refractivity contribution is 6.99. The third-order valence-corrected chi connectivity index (χ3v) is 8.11. The Balaban J connectivity index is 0.000000430. The minimum atomic E-state index is -0.580. The summed E-state index contributed by atoms with van der Waals surface area (Å²) in [5, 5.41) is 13.2. The number of aliphatic hydroxyl groups excluding tert-OH is 1. The molecule has 1 aliphatic heterocycles. The topological polar surface area (TPSA) is 79.7 Å². The summed E-state index contributed by atoms with van der Waals surface area (Å²) in [6, 6.07) is 10.9. The number of hydrogen-bond acceptors (Lipinski definition) is 8. The summed E-state index contributed by atoms with van der Waals surface area (Å²) in [6.45, 7) is 14.5. The van der Waals surface area contributed by atoms with Crippen molar-refractivity contribution in [1.82, 2.24) is 14.1 Å². The Hall–Kier alpha value is -1.49. The summed E-state index contributed by atoms with van der Waals surface area (Å²) >= 11 is 1.12. The van der Waals surface area contributed by atoms with Gasteiger partial charge in [-0.15, -0.1) is 4.37 Å². The number of aliphatic hydroxyl groups is 1. The van der Waals surface area contributed by atoms with Gasteiger partial charge in [-0.05, 0) is 33.6 Å². The third kappa shape index (κ3) is 19.1. The van der Waals surface area contributed by atoms with Gasteiger partial charge < -0.3 is 41.7 Å². The number of morpholine rings is 1. The molecule has 2 aromatic rings. The first-order chi connectivity index (χ1) is 20.6. The van der Waals surface area contributed by atoms with E-state index in [4.69, 9.17) is 9.47 Å². The van der Waals surface area contributed by atoms with Gasteiger partial charge in [0.1, 0.15) is 19.3 Å². The summed E-state index contributed by atoms with van der Waals surface area (Å²) in [7, 11) is 4.72. The van der Waals surface area contributed by atoms with Crippen LogP contribution >= 0.6 is 11.7 Å². The first-order valence-corrected chi connectivity index (χ1v) is 17.4. The van der Waals surface area contributed by atoms with E-state index in [9.17, 15) is 5.11 Å². The largest absolute Gasteiger partial charge is 1.00 e. The molecule has 1 saturated heterocycles. The van der Waals surface area contributed by atoms with Crippen molar-refractivity contribution >= 4 is 17.5 Å². The van der Waals surface area contributed by atoms with Crippen LogP contribution in [-0.4, -0.2) is 90.1 Å². The number of anilines is 1. The van der Waals surface area contributed by atoms with Gasteiger partial charge in [0.2, 0.25) is 5.82 Å². The van der Waals surface area contributed by atoms with Crippen LogP contribution in [0.4, 0.5) is 5.82 Å². The van der Waals surface area contributed by atoms with Crippen LogP contribution in [0.15, 0.2) is 30.3 Å². The van der Waals surface area contributed by atoms with Crippen LogP contribution in [0.5, 0.6) is 5.88 Å². The Kier molecular flexibility index (Phi) is 21.1. The van der Waals surface area contributed by atoms with Crippen molar-refractivity contribution in [3.63, 3.8) is 0 Å². The molecule has 0 saturated carbocycles. The molecule has 1 fully saturated rings. The molecule has 1 aromatic heterocycles. The molecule has 0 radical (unpaired) electrons. The number of benzene rings is 1. The van der Waals surface area contributed by atoms with E-state index in [0.717, 1.165) is 41.7 Å². The van der Waals surface area contributed by atoms with Gasteiger partial charge in [-0.3, -0.25) is 0 Å². The Morgan fingerprint density at radius 1 is 0.955 bits per heavy atom. The Morgan fingerprint density at radius 2 is 1.55 bits per heavy atom. The molecule has 2 heterocycles. The van der Waals surface area contributed by atoms with Crippen molar-refractivity contribution in [2.24, 2.45) is 0 Å². The highest BCUT2D eigenvalue weighted by atomic mass is 35.5. The lowest BCUT2D eigenvalue weighted by Crippen LogP contribution is -3.00. The Labute approximate surface area is 279 Å². The quantitative estimate of drug-likeness (QED) is 0.177. The molecule has 3 rings (SSSR count). The van der Waals surface area contributed by atoms with E-state index in [1.54, 1.807) is 0 Å². The first kappa shape index (κ1) is 40.5. The fourth-order valence-corrected chi connectivity index (χ4v) is 5.60. The second kappa shape index (κ2) is 22.9. The van der Waals surface area contributed by atoms with Crippen molar-refractivity contribution in [2.45, 2.75) is 110 Å². The third-order valence-electron chi connectivity index (χ3n) is 7.60. The van der Waals surface area contributed by atoms with Crippen molar-refractivity contribution in [2.75, 3.05) is 65.0 Å². The molecular weight excluding hydrogens is 594 g/mol. The lowest BCUT2D eigenvalue weighted by Gasteiger charge is -2.30. The summed E-state index contributed by atoms with van der Waals surface area (Å²) < 4.78 is 20.5. The summed E-state index contributed by atoms with van der Waals surface area (Å²) in [4.78, 5) is 2.10. The number of ether oxygens (including phenoxy) is 2. The molecule has 1 aliphatic rings. The predicted molar refractivity (Wildman–Crippen MR) is 181 cm³/mol. The number of rotatable bonds is 19. The molecule has 0 bridgehead atoms. The molecule has 8 nitrogen and oxygen atoms in total. The van der Waals surface area contributed by atoms with E-state index in [2.05, 4.69) is 91.1 Å². The van der Waals surface area contributed by atoms with Crippen LogP contribution in [0, 0.1) is 0 Å². The van der Waals surface area contributed by atoms with E-state index < -0.39 is 6.10 Å². The van der Waals surface area contributed by atoms with E-state index in [1.165, 1.54) is 76.3 Å². The van der Waals surface area contributed by atoms with E-state index in [-0.39, 0.29) is 24.6 Å². The molecule has 0 aliphatic carbocycles. The van der Waals surface area contributed by atoms with Crippen molar-refractivity contribution in [3.8, 4) is 5.88 Å². The van der Waals surface area contributed by atoms with Gasteiger partial charge >= 0.3 is 0 Å². The number of quaternary nitrogens is 1. The monoisotopic (exact) mass is 655 g/mol. The number of β-amino-alcohol motifs (C(OH)–C–C–N with tert-alkyl or cyclic N) is 1. The van der Waals surface area contributed by atoms with Gasteiger partial charge in [0.05, 0.1) is 45.6 Å². The number of unbranched alkanes of at least 4 members (excludes halogenated alkanes) is 9. The molecule has 1 atom stereocenters. The summed E-state index contributed by atoms with van der Waals surface area (Å²) in [5.74, 6) is 1.25. The standard InChI is InChI=1S/C21H38N.C13H24N4O3S.ClH/c1-4-5-6-7-8-9-10-11-12-16-19-22(2,3)20-21-17-14-13-15-18-21;1-13(2,3)14-8-10(18)9-20-12-11(15-21-16-12)17-4-6-19-7-5-17;/h13-15,17-18H,4-12,16,19-20H2,1-3H3;10,14,18H,4-9H2,1-3H3;1H/q+1;;/p-1/t;10-;/m.0./s1. The van der Waals surface area contributed by atoms with Crippen LogP contribution in [0.3, 0.4) is 0 Å². The van der Waals surface area contributed by atoms with Crippen LogP contribution < -0.4 is 27.4 Å². The molecule has 1 aromatic carbocycles. The minimum Gasteiger partial charge on any atom is -1.00 e. The zero-order valence-electron chi connectivity index (χ0n) is 28.5. The fourth-order valence-electron chi connectivity index (χ4n) is 5.08. The minimum absolute atomic E-state index is 0. The maximum atomic E-state index is 9.95.